The Hall–Kier alpha value is -2.16. The molecule has 0 aromatic heterocycles. The van der Waals surface area contributed by atoms with Crippen molar-refractivity contribution in [1.29, 1.82) is 0 Å². The van der Waals surface area contributed by atoms with Gasteiger partial charge in [-0.05, 0) is 35.7 Å². The summed E-state index contributed by atoms with van der Waals surface area (Å²) in [4.78, 5) is 0. The van der Waals surface area contributed by atoms with E-state index >= 15 is 0 Å². The maximum atomic E-state index is 9.33. The van der Waals surface area contributed by atoms with Crippen LogP contribution >= 0.6 is 0 Å². The lowest BCUT2D eigenvalue weighted by Crippen LogP contribution is -1.95. The van der Waals surface area contributed by atoms with Gasteiger partial charge in [0.05, 0.1) is 0 Å². The molecule has 0 bridgehead atoms. The third-order valence-electron chi connectivity index (χ3n) is 2.43. The molecule has 0 unspecified atom stereocenters. The summed E-state index contributed by atoms with van der Waals surface area (Å²) in [6.45, 7) is 0. The second kappa shape index (κ2) is 4.14. The lowest BCUT2D eigenvalue weighted by molar-refractivity contribution is 0.474. The Morgan fingerprint density at radius 3 is 2.38 bits per heavy atom. The summed E-state index contributed by atoms with van der Waals surface area (Å²) >= 11 is 0. The largest absolute Gasteiger partial charge is 0.508 e. The molecule has 0 radical (unpaired) electrons. The van der Waals surface area contributed by atoms with Crippen LogP contribution in [0.4, 0.5) is 5.69 Å². The van der Waals surface area contributed by atoms with Crippen molar-refractivity contribution in [3.63, 3.8) is 0 Å². The molecule has 0 saturated heterocycles. The molecule has 0 spiro atoms. The van der Waals surface area contributed by atoms with Crippen LogP contribution in [0, 0.1) is 0 Å². The van der Waals surface area contributed by atoms with Crippen molar-refractivity contribution in [2.24, 2.45) is 0 Å². The molecule has 2 aromatic rings. The van der Waals surface area contributed by atoms with Crippen LogP contribution in [0.1, 0.15) is 11.1 Å². The minimum atomic E-state index is 0.164. The van der Waals surface area contributed by atoms with E-state index in [1.165, 1.54) is 6.07 Å². The fourth-order valence-corrected chi connectivity index (χ4v) is 1.63. The van der Waals surface area contributed by atoms with Crippen LogP contribution in [0.15, 0.2) is 42.5 Å². The van der Waals surface area contributed by atoms with Gasteiger partial charge in [0.15, 0.2) is 0 Å². The fraction of sp³-hybridized carbons (Fsp3) is 0.0769. The third-order valence-corrected chi connectivity index (χ3v) is 2.43. The number of benzene rings is 2. The molecule has 0 amide bonds. The van der Waals surface area contributed by atoms with Crippen molar-refractivity contribution in [1.82, 2.24) is 0 Å². The molecule has 0 aliphatic carbocycles. The Kier molecular flexibility index (Phi) is 2.68. The first-order valence-electron chi connectivity index (χ1n) is 5.00. The minimum Gasteiger partial charge on any atom is -0.508 e. The highest BCUT2D eigenvalue weighted by atomic mass is 16.3. The van der Waals surface area contributed by atoms with Crippen molar-refractivity contribution in [3.05, 3.63) is 53.6 Å². The maximum absolute atomic E-state index is 9.33. The van der Waals surface area contributed by atoms with Crippen molar-refractivity contribution in [3.8, 4) is 11.5 Å². The number of anilines is 1. The van der Waals surface area contributed by atoms with Gasteiger partial charge in [0.25, 0.3) is 0 Å². The highest BCUT2D eigenvalue weighted by Gasteiger charge is 2.02. The SMILES string of the molecule is Nc1cc(O)ccc1Cc1cccc(O)c1. The first-order valence-corrected chi connectivity index (χ1v) is 5.00. The van der Waals surface area contributed by atoms with Gasteiger partial charge in [0.1, 0.15) is 11.5 Å². The quantitative estimate of drug-likeness (QED) is 0.673. The summed E-state index contributed by atoms with van der Waals surface area (Å²) in [5, 5.41) is 18.6. The number of hydrogen-bond donors (Lipinski definition) is 3. The molecule has 82 valence electrons. The van der Waals surface area contributed by atoms with Crippen molar-refractivity contribution in [2.45, 2.75) is 6.42 Å². The van der Waals surface area contributed by atoms with Gasteiger partial charge >= 0.3 is 0 Å². The van der Waals surface area contributed by atoms with Gasteiger partial charge in [-0.15, -0.1) is 0 Å². The predicted molar refractivity (Wildman–Crippen MR) is 63.4 cm³/mol. The Bertz CT molecular complexity index is 509. The lowest BCUT2D eigenvalue weighted by Gasteiger charge is -2.06. The summed E-state index contributed by atoms with van der Waals surface area (Å²) in [5.74, 6) is 0.409. The predicted octanol–water partition coefficient (Wildman–Crippen LogP) is 2.27. The number of phenolic OH excluding ortho intramolecular Hbond substituents is 2. The average Bonchev–Trinajstić information content (AvgIpc) is 2.22. The average molecular weight is 215 g/mol. The summed E-state index contributed by atoms with van der Waals surface area (Å²) < 4.78 is 0. The molecule has 0 aliphatic heterocycles. The summed E-state index contributed by atoms with van der Waals surface area (Å²) in [7, 11) is 0. The van der Waals surface area contributed by atoms with Crippen LogP contribution in [0.25, 0.3) is 0 Å². The van der Waals surface area contributed by atoms with Crippen LogP contribution < -0.4 is 5.73 Å². The highest BCUT2D eigenvalue weighted by Crippen LogP contribution is 2.22. The fourth-order valence-electron chi connectivity index (χ4n) is 1.63. The summed E-state index contributed by atoms with van der Waals surface area (Å²) in [6, 6.07) is 12.0. The highest BCUT2D eigenvalue weighted by molar-refractivity contribution is 5.52. The molecule has 0 saturated carbocycles. The molecular weight excluding hydrogens is 202 g/mol. The number of nitrogen functional groups attached to an aromatic ring is 1. The molecule has 3 heteroatoms. The number of aromatic hydroxyl groups is 2. The van der Waals surface area contributed by atoms with Crippen LogP contribution in [-0.2, 0) is 6.42 Å². The molecular formula is C13H13NO2. The van der Waals surface area contributed by atoms with Crippen LogP contribution in [-0.4, -0.2) is 10.2 Å². The van der Waals surface area contributed by atoms with E-state index in [4.69, 9.17) is 5.73 Å². The topological polar surface area (TPSA) is 66.5 Å². The monoisotopic (exact) mass is 215 g/mol. The zero-order valence-electron chi connectivity index (χ0n) is 8.72. The van der Waals surface area contributed by atoms with Gasteiger partial charge in [-0.25, -0.2) is 0 Å². The molecule has 4 N–H and O–H groups in total. The van der Waals surface area contributed by atoms with Gasteiger partial charge in [-0.1, -0.05) is 18.2 Å². The number of rotatable bonds is 2. The Labute approximate surface area is 93.8 Å². The first-order chi connectivity index (χ1) is 7.65. The number of nitrogens with two attached hydrogens (primary N) is 1. The van der Waals surface area contributed by atoms with Crippen LogP contribution in [0.5, 0.6) is 11.5 Å². The lowest BCUT2D eigenvalue weighted by atomic mass is 10.0. The summed E-state index contributed by atoms with van der Waals surface area (Å²) in [6.07, 6.45) is 0.639. The second-order valence-electron chi connectivity index (χ2n) is 3.73. The molecule has 3 nitrogen and oxygen atoms in total. The zero-order valence-corrected chi connectivity index (χ0v) is 8.72. The van der Waals surface area contributed by atoms with Crippen molar-refractivity contribution < 1.29 is 10.2 Å². The Balaban J connectivity index is 2.27. The molecule has 0 atom stereocenters. The molecule has 0 aliphatic rings. The summed E-state index contributed by atoms with van der Waals surface area (Å²) in [5.41, 5.74) is 8.26. The van der Waals surface area contributed by atoms with Gasteiger partial charge in [0, 0.05) is 11.8 Å². The molecule has 0 fully saturated rings. The maximum Gasteiger partial charge on any atom is 0.117 e. The Morgan fingerprint density at radius 2 is 1.69 bits per heavy atom. The van der Waals surface area contributed by atoms with Gasteiger partial charge < -0.3 is 15.9 Å². The second-order valence-corrected chi connectivity index (χ2v) is 3.73. The first kappa shape index (κ1) is 10.4. The van der Waals surface area contributed by atoms with E-state index in [2.05, 4.69) is 0 Å². The molecule has 2 aromatic carbocycles. The Morgan fingerprint density at radius 1 is 0.938 bits per heavy atom. The molecule has 2 rings (SSSR count). The van der Waals surface area contributed by atoms with E-state index in [0.717, 1.165) is 11.1 Å². The minimum absolute atomic E-state index is 0.164. The molecule has 0 heterocycles. The van der Waals surface area contributed by atoms with Gasteiger partial charge in [-0.3, -0.25) is 0 Å². The molecule has 16 heavy (non-hydrogen) atoms. The van der Waals surface area contributed by atoms with E-state index in [1.807, 2.05) is 6.07 Å². The van der Waals surface area contributed by atoms with Gasteiger partial charge in [-0.2, -0.15) is 0 Å². The van der Waals surface area contributed by atoms with Crippen LogP contribution in [0.3, 0.4) is 0 Å². The van der Waals surface area contributed by atoms with Gasteiger partial charge in [0.2, 0.25) is 0 Å². The van der Waals surface area contributed by atoms with Crippen molar-refractivity contribution >= 4 is 5.69 Å². The van der Waals surface area contributed by atoms with E-state index in [-0.39, 0.29) is 11.5 Å². The van der Waals surface area contributed by atoms with Crippen molar-refractivity contribution in [2.75, 3.05) is 5.73 Å². The normalized spacial score (nSPS) is 10.2. The van der Waals surface area contributed by atoms with E-state index in [9.17, 15) is 10.2 Å². The van der Waals surface area contributed by atoms with E-state index in [1.54, 1.807) is 30.3 Å². The van der Waals surface area contributed by atoms with Crippen LogP contribution in [0.2, 0.25) is 0 Å². The van der Waals surface area contributed by atoms with E-state index < -0.39 is 0 Å². The number of phenols is 2. The third kappa shape index (κ3) is 2.25. The number of hydrogen-bond acceptors (Lipinski definition) is 3. The zero-order chi connectivity index (χ0) is 11.5. The van der Waals surface area contributed by atoms with E-state index in [0.29, 0.717) is 12.1 Å². The smallest absolute Gasteiger partial charge is 0.117 e. The standard InChI is InChI=1S/C13H13NO2/c14-13-8-12(16)5-4-10(13)6-9-2-1-3-11(15)7-9/h1-5,7-8,15-16H,6,14H2.